The summed E-state index contributed by atoms with van der Waals surface area (Å²) in [5, 5.41) is 21.0. The van der Waals surface area contributed by atoms with Gasteiger partial charge in [0.15, 0.2) is 12.8 Å². The summed E-state index contributed by atoms with van der Waals surface area (Å²) in [6.07, 6.45) is 3.72. The number of likely N-dealkylation sites (N-methyl/N-ethyl adjacent to an activating group) is 1. The quantitative estimate of drug-likeness (QED) is 0.0677. The molecule has 0 radical (unpaired) electrons. The predicted molar refractivity (Wildman–Crippen MR) is 239 cm³/mol. The average Bonchev–Trinajstić information content (AvgIpc) is 3.72. The number of carbonyl (C=O) groups is 6. The van der Waals surface area contributed by atoms with Crippen molar-refractivity contribution in [3.05, 3.63) is 45.9 Å². The number of rotatable bonds is 25. The van der Waals surface area contributed by atoms with Crippen LogP contribution in [0.15, 0.2) is 29.6 Å². The second kappa shape index (κ2) is 25.6. The fraction of sp³-hybridized carbons (Fsp3) is 0.674. The van der Waals surface area contributed by atoms with E-state index in [0.29, 0.717) is 37.1 Å². The molecule has 0 aliphatic carbocycles. The minimum Gasteiger partial charge on any atom is -0.508 e. The third-order valence-electron chi connectivity index (χ3n) is 11.5. The lowest BCUT2D eigenvalue weighted by atomic mass is 9.92. The van der Waals surface area contributed by atoms with E-state index in [4.69, 9.17) is 9.47 Å². The molecule has 1 saturated heterocycles. The molecule has 2 aromatic rings. The number of nitrogens with one attached hydrogen (secondary N) is 3. The maximum Gasteiger partial charge on any atom is 0.307 e. The van der Waals surface area contributed by atoms with E-state index in [1.165, 1.54) is 11.8 Å². The largest absolute Gasteiger partial charge is 0.508 e. The van der Waals surface area contributed by atoms with Gasteiger partial charge in [0.1, 0.15) is 28.3 Å². The highest BCUT2D eigenvalue weighted by Gasteiger charge is 2.39. The van der Waals surface area contributed by atoms with Crippen molar-refractivity contribution in [2.45, 2.75) is 156 Å². The molecule has 0 saturated carbocycles. The highest BCUT2D eigenvalue weighted by atomic mass is 32.1. The Kier molecular flexibility index (Phi) is 21.5. The predicted octanol–water partition coefficient (Wildman–Crippen LogP) is 5.95. The molecule has 1 aromatic carbocycles. The zero-order valence-electron chi connectivity index (χ0n) is 38.5. The number of esters is 2. The standard InChI is InChI=1S/C46H72N6O9S/c1-11-15-41(56)60-27-52(46(59)42(30(7)12-2)50-44(58)37-16-13-14-21-51(37)10)38(28(3)4)24-40(61-32(9)53)45-49-36(26-62-45)43(57)48-34(23-33-17-19-35(54)20-18-33)22-31(8)39(55)25-47-29(5)6/h17-20,26,28-31,34,37-38,40,42,47,54H,11-16,21-25,27H2,1-10H3,(H,48,57)(H,50,58)/t30?,31-,34+,37+,38+,40+,42-/m0/s1. The number of nitrogens with zero attached hydrogens (tertiary/aromatic N) is 3. The number of hydrogen-bond acceptors (Lipinski definition) is 13. The Morgan fingerprint density at radius 2 is 1.68 bits per heavy atom. The Morgan fingerprint density at radius 3 is 2.27 bits per heavy atom. The van der Waals surface area contributed by atoms with E-state index in [1.54, 1.807) is 29.6 Å². The van der Waals surface area contributed by atoms with Gasteiger partial charge >= 0.3 is 11.9 Å². The number of Topliss-reactive ketones (excluding diaryl/α,β-unsaturated/α-hetero) is 1. The normalized spacial score (nSPS) is 17.3. The van der Waals surface area contributed by atoms with Crippen LogP contribution >= 0.6 is 11.3 Å². The summed E-state index contributed by atoms with van der Waals surface area (Å²) in [5.74, 6) is -2.92. The number of likely N-dealkylation sites (tertiary alicyclic amines) is 1. The molecule has 1 unspecified atom stereocenters. The summed E-state index contributed by atoms with van der Waals surface area (Å²) in [6.45, 7) is 17.2. The molecule has 16 heteroatoms. The Hall–Kier alpha value is -4.41. The summed E-state index contributed by atoms with van der Waals surface area (Å²) in [6, 6.07) is 4.40. The monoisotopic (exact) mass is 885 g/mol. The van der Waals surface area contributed by atoms with Gasteiger partial charge in [0, 0.05) is 49.2 Å². The Balaban J connectivity index is 1.95. The van der Waals surface area contributed by atoms with Crippen molar-refractivity contribution in [3.8, 4) is 5.75 Å². The zero-order chi connectivity index (χ0) is 46.1. The Morgan fingerprint density at radius 1 is 0.984 bits per heavy atom. The van der Waals surface area contributed by atoms with E-state index in [1.807, 2.05) is 67.3 Å². The van der Waals surface area contributed by atoms with E-state index in [0.717, 1.165) is 36.3 Å². The number of carbonyl (C=O) groups excluding carboxylic acids is 6. The number of phenols is 1. The zero-order valence-corrected chi connectivity index (χ0v) is 39.3. The first-order chi connectivity index (χ1) is 29.3. The molecule has 1 aliphatic heterocycles. The number of hydrogen-bond donors (Lipinski definition) is 4. The van der Waals surface area contributed by atoms with E-state index >= 15 is 0 Å². The van der Waals surface area contributed by atoms with Crippen LogP contribution in [-0.4, -0.2) is 112 Å². The maximum absolute atomic E-state index is 14.8. The number of ether oxygens (including phenoxy) is 2. The molecule has 0 bridgehead atoms. The maximum atomic E-state index is 14.8. The van der Waals surface area contributed by atoms with Gasteiger partial charge in [0.2, 0.25) is 11.8 Å². The van der Waals surface area contributed by atoms with Gasteiger partial charge in [0.05, 0.1) is 12.6 Å². The topological polar surface area (TPSA) is 197 Å². The van der Waals surface area contributed by atoms with Crippen molar-refractivity contribution in [2.24, 2.45) is 17.8 Å². The molecular weight excluding hydrogens is 813 g/mol. The molecule has 2 heterocycles. The van der Waals surface area contributed by atoms with Crippen LogP contribution in [-0.2, 0) is 39.9 Å². The van der Waals surface area contributed by atoms with Gasteiger partial charge in [-0.1, -0.05) is 80.4 Å². The summed E-state index contributed by atoms with van der Waals surface area (Å²) in [4.78, 5) is 89.0. The first-order valence-electron chi connectivity index (χ1n) is 22.3. The minimum atomic E-state index is -0.987. The molecule has 15 nitrogen and oxygen atoms in total. The lowest BCUT2D eigenvalue weighted by molar-refractivity contribution is -0.160. The van der Waals surface area contributed by atoms with Crippen molar-refractivity contribution in [2.75, 3.05) is 26.9 Å². The summed E-state index contributed by atoms with van der Waals surface area (Å²) in [5.41, 5.74) is 0.950. The van der Waals surface area contributed by atoms with Crippen molar-refractivity contribution in [1.82, 2.24) is 30.7 Å². The summed E-state index contributed by atoms with van der Waals surface area (Å²) >= 11 is 1.14. The Labute approximate surface area is 372 Å². The molecule has 0 spiro atoms. The average molecular weight is 885 g/mol. The fourth-order valence-electron chi connectivity index (χ4n) is 7.58. The molecule has 346 valence electrons. The van der Waals surface area contributed by atoms with Crippen LogP contribution in [0.25, 0.3) is 0 Å². The fourth-order valence-corrected chi connectivity index (χ4v) is 8.42. The number of aromatic nitrogens is 1. The number of thiazole rings is 1. The first kappa shape index (κ1) is 51.9. The molecule has 62 heavy (non-hydrogen) atoms. The third-order valence-corrected chi connectivity index (χ3v) is 12.5. The van der Waals surface area contributed by atoms with Crippen molar-refractivity contribution < 1.29 is 43.3 Å². The van der Waals surface area contributed by atoms with Gasteiger partial charge in [-0.25, -0.2) is 4.98 Å². The molecule has 1 aromatic heterocycles. The van der Waals surface area contributed by atoms with E-state index in [-0.39, 0.29) is 79.1 Å². The van der Waals surface area contributed by atoms with Crippen LogP contribution in [0.1, 0.15) is 141 Å². The highest BCUT2D eigenvalue weighted by molar-refractivity contribution is 7.09. The van der Waals surface area contributed by atoms with Gasteiger partial charge < -0.3 is 35.4 Å². The minimum absolute atomic E-state index is 0.0193. The molecular formula is C46H72N6O9S. The Bertz CT molecular complexity index is 1770. The molecule has 3 rings (SSSR count). The number of benzene rings is 1. The number of piperidine rings is 1. The molecule has 3 amide bonds. The smallest absolute Gasteiger partial charge is 0.307 e. The molecule has 7 atom stereocenters. The molecule has 1 aliphatic rings. The van der Waals surface area contributed by atoms with Crippen molar-refractivity contribution in [1.29, 1.82) is 0 Å². The van der Waals surface area contributed by atoms with Gasteiger partial charge in [-0.3, -0.25) is 33.7 Å². The van der Waals surface area contributed by atoms with Gasteiger partial charge in [-0.05, 0) is 75.2 Å². The van der Waals surface area contributed by atoms with E-state index in [9.17, 15) is 33.9 Å². The molecule has 1 fully saturated rings. The van der Waals surface area contributed by atoms with E-state index < -0.39 is 48.0 Å². The highest BCUT2D eigenvalue weighted by Crippen LogP contribution is 2.32. The van der Waals surface area contributed by atoms with Gasteiger partial charge in [0.25, 0.3) is 5.91 Å². The molecule has 4 N–H and O–H groups in total. The van der Waals surface area contributed by atoms with Crippen LogP contribution in [0.4, 0.5) is 0 Å². The first-order valence-corrected chi connectivity index (χ1v) is 23.2. The third kappa shape index (κ3) is 16.4. The SMILES string of the molecule is CCCC(=O)OCN(C(=O)[C@@H](NC(=O)[C@H]1CCCCN1C)C(C)CC)[C@H](C[C@@H](OC(C)=O)c1nc(C(=O)N[C@@H](Cc2ccc(O)cc2)C[C@H](C)C(=O)CNC(C)C)cs1)C(C)C. The van der Waals surface area contributed by atoms with Crippen LogP contribution in [0.2, 0.25) is 0 Å². The number of ketones is 1. The van der Waals surface area contributed by atoms with Gasteiger partial charge in [-0.2, -0.15) is 0 Å². The van der Waals surface area contributed by atoms with Crippen LogP contribution in [0, 0.1) is 17.8 Å². The van der Waals surface area contributed by atoms with Crippen molar-refractivity contribution in [3.63, 3.8) is 0 Å². The van der Waals surface area contributed by atoms with Crippen LogP contribution in [0.5, 0.6) is 5.75 Å². The van der Waals surface area contributed by atoms with Crippen LogP contribution < -0.4 is 16.0 Å². The van der Waals surface area contributed by atoms with Crippen LogP contribution in [0.3, 0.4) is 0 Å². The second-order valence-electron chi connectivity index (χ2n) is 17.5. The van der Waals surface area contributed by atoms with Crippen molar-refractivity contribution >= 4 is 46.8 Å². The number of phenolic OH excluding ortho intramolecular Hbond substituents is 1. The second-order valence-corrected chi connectivity index (χ2v) is 18.4. The van der Waals surface area contributed by atoms with Gasteiger partial charge in [-0.15, -0.1) is 11.3 Å². The summed E-state index contributed by atoms with van der Waals surface area (Å²) < 4.78 is 11.6. The lowest BCUT2D eigenvalue weighted by Crippen LogP contribution is -2.59. The lowest BCUT2D eigenvalue weighted by Gasteiger charge is -2.39. The summed E-state index contributed by atoms with van der Waals surface area (Å²) in [7, 11) is 1.91. The van der Waals surface area contributed by atoms with E-state index in [2.05, 4.69) is 20.9 Å². The number of aromatic hydroxyl groups is 1. The number of amides is 3.